The second-order valence-corrected chi connectivity index (χ2v) is 8.78. The number of nitrogens with one attached hydrogen (secondary N) is 1. The van der Waals surface area contributed by atoms with Gasteiger partial charge in [0.25, 0.3) is 0 Å². The van der Waals surface area contributed by atoms with Gasteiger partial charge in [-0.3, -0.25) is 0 Å². The van der Waals surface area contributed by atoms with Crippen molar-refractivity contribution < 1.29 is 14.2 Å². The molecule has 1 N–H and O–H groups in total. The molecule has 1 unspecified atom stereocenters. The quantitative estimate of drug-likeness (QED) is 0.523. The Kier molecular flexibility index (Phi) is 5.28. The molecule has 31 heavy (non-hydrogen) atoms. The summed E-state index contributed by atoms with van der Waals surface area (Å²) in [7, 11) is 4.97. The summed E-state index contributed by atoms with van der Waals surface area (Å²) in [6, 6.07) is 21.4. The number of methoxy groups -OCH3 is 3. The van der Waals surface area contributed by atoms with Crippen molar-refractivity contribution in [2.24, 2.45) is 0 Å². The molecule has 0 fully saturated rings. The minimum absolute atomic E-state index is 0.133. The molecule has 5 rings (SSSR count). The molecule has 1 atom stereocenters. The first-order chi connectivity index (χ1) is 15.2. The van der Waals surface area contributed by atoms with Crippen LogP contribution in [-0.4, -0.2) is 21.3 Å². The Morgan fingerprint density at radius 3 is 2.29 bits per heavy atom. The molecule has 5 heteroatoms. The van der Waals surface area contributed by atoms with Gasteiger partial charge >= 0.3 is 0 Å². The molecular weight excluding hydrogens is 406 g/mol. The molecule has 1 aliphatic heterocycles. The van der Waals surface area contributed by atoms with Crippen LogP contribution in [0.1, 0.15) is 28.4 Å². The standard InChI is InChI=1S/C26H25NO3S/c1-28-21-14-17(15-22(29-2)25(21)30-3)26-19-13-12-16-8-4-5-9-18(16)24(19)27-20-10-6-7-11-23(20)31-26/h4-11,14-15,26-27H,12-13H2,1-3H3. The molecule has 158 valence electrons. The summed E-state index contributed by atoms with van der Waals surface area (Å²) in [5, 5.41) is 3.90. The summed E-state index contributed by atoms with van der Waals surface area (Å²) in [6.45, 7) is 0. The second-order valence-electron chi connectivity index (χ2n) is 7.64. The monoisotopic (exact) mass is 431 g/mol. The first kappa shape index (κ1) is 19.9. The topological polar surface area (TPSA) is 39.7 Å². The predicted octanol–water partition coefficient (Wildman–Crippen LogP) is 6.33. The molecule has 3 aromatic rings. The molecule has 0 radical (unpaired) electrons. The van der Waals surface area contributed by atoms with Crippen LogP contribution < -0.4 is 19.5 Å². The van der Waals surface area contributed by atoms with Crippen LogP contribution >= 0.6 is 11.8 Å². The number of benzene rings is 3. The zero-order chi connectivity index (χ0) is 21.4. The van der Waals surface area contributed by atoms with Gasteiger partial charge in [0.1, 0.15) is 0 Å². The van der Waals surface area contributed by atoms with E-state index >= 15 is 0 Å². The summed E-state index contributed by atoms with van der Waals surface area (Å²) in [5.41, 5.74) is 7.59. The van der Waals surface area contributed by atoms with Crippen molar-refractivity contribution in [1.82, 2.24) is 0 Å². The molecule has 1 aliphatic carbocycles. The lowest BCUT2D eigenvalue weighted by Gasteiger charge is -2.28. The molecule has 1 heterocycles. The number of para-hydroxylation sites is 1. The van der Waals surface area contributed by atoms with Gasteiger partial charge in [-0.2, -0.15) is 0 Å². The Bertz CT molecular complexity index is 1150. The maximum atomic E-state index is 5.66. The van der Waals surface area contributed by atoms with Gasteiger partial charge in [0, 0.05) is 16.2 Å². The highest BCUT2D eigenvalue weighted by atomic mass is 32.2. The lowest BCUT2D eigenvalue weighted by atomic mass is 9.86. The maximum Gasteiger partial charge on any atom is 0.203 e. The number of thioether (sulfide) groups is 1. The summed E-state index contributed by atoms with van der Waals surface area (Å²) in [4.78, 5) is 1.23. The van der Waals surface area contributed by atoms with E-state index in [0.717, 1.165) is 24.1 Å². The zero-order valence-electron chi connectivity index (χ0n) is 17.9. The van der Waals surface area contributed by atoms with E-state index in [0.29, 0.717) is 17.2 Å². The third-order valence-corrected chi connectivity index (χ3v) is 7.37. The highest BCUT2D eigenvalue weighted by Gasteiger charge is 2.31. The van der Waals surface area contributed by atoms with Crippen LogP contribution in [0.25, 0.3) is 5.70 Å². The average molecular weight is 432 g/mol. The van der Waals surface area contributed by atoms with Crippen molar-refractivity contribution in [3.63, 3.8) is 0 Å². The number of hydrogen-bond acceptors (Lipinski definition) is 5. The van der Waals surface area contributed by atoms with Crippen LogP contribution in [0.5, 0.6) is 17.2 Å². The normalized spacial score (nSPS) is 16.9. The van der Waals surface area contributed by atoms with Crippen molar-refractivity contribution in [2.45, 2.75) is 23.0 Å². The lowest BCUT2D eigenvalue weighted by molar-refractivity contribution is 0.324. The first-order valence-electron chi connectivity index (χ1n) is 10.4. The first-order valence-corrected chi connectivity index (χ1v) is 11.3. The van der Waals surface area contributed by atoms with E-state index in [1.165, 1.54) is 27.3 Å². The third kappa shape index (κ3) is 3.43. The smallest absolute Gasteiger partial charge is 0.203 e. The Labute approximate surface area is 187 Å². The Balaban J connectivity index is 1.73. The fraction of sp³-hybridized carbons (Fsp3) is 0.231. The number of anilines is 1. The van der Waals surface area contributed by atoms with E-state index in [-0.39, 0.29) is 5.25 Å². The van der Waals surface area contributed by atoms with E-state index in [9.17, 15) is 0 Å². The van der Waals surface area contributed by atoms with Crippen LogP contribution in [0.3, 0.4) is 0 Å². The molecule has 0 saturated heterocycles. The van der Waals surface area contributed by atoms with Gasteiger partial charge in [0.05, 0.1) is 32.3 Å². The highest BCUT2D eigenvalue weighted by Crippen LogP contribution is 2.53. The SMILES string of the molecule is COc1cc(C2Sc3ccccc3NC3=C2CCc2ccccc23)cc(OC)c1OC. The van der Waals surface area contributed by atoms with Crippen LogP contribution in [0.15, 0.2) is 71.1 Å². The Morgan fingerprint density at radius 2 is 1.55 bits per heavy atom. The largest absolute Gasteiger partial charge is 0.493 e. The molecule has 0 spiro atoms. The van der Waals surface area contributed by atoms with Crippen LogP contribution in [0, 0.1) is 0 Å². The maximum absolute atomic E-state index is 5.66. The molecule has 0 amide bonds. The average Bonchev–Trinajstić information content (AvgIpc) is 3.00. The van der Waals surface area contributed by atoms with Crippen LogP contribution in [0.4, 0.5) is 5.69 Å². The molecule has 2 aliphatic rings. The van der Waals surface area contributed by atoms with Crippen molar-refractivity contribution in [3.05, 3.63) is 82.9 Å². The zero-order valence-corrected chi connectivity index (χ0v) is 18.7. The van der Waals surface area contributed by atoms with E-state index in [1.807, 2.05) is 11.8 Å². The molecular formula is C26H25NO3S. The summed E-state index contributed by atoms with van der Waals surface area (Å²) in [6.07, 6.45) is 2.04. The molecule has 0 bridgehead atoms. The molecule has 3 aromatic carbocycles. The summed E-state index contributed by atoms with van der Waals surface area (Å²) < 4.78 is 16.9. The van der Waals surface area contributed by atoms with Crippen LogP contribution in [-0.2, 0) is 6.42 Å². The van der Waals surface area contributed by atoms with E-state index in [2.05, 4.69) is 66.0 Å². The molecule has 4 nitrogen and oxygen atoms in total. The molecule has 0 aromatic heterocycles. The Morgan fingerprint density at radius 1 is 0.839 bits per heavy atom. The van der Waals surface area contributed by atoms with Gasteiger partial charge in [0.15, 0.2) is 11.5 Å². The van der Waals surface area contributed by atoms with Crippen molar-refractivity contribution >= 4 is 23.1 Å². The third-order valence-electron chi connectivity index (χ3n) is 5.97. The fourth-order valence-electron chi connectivity index (χ4n) is 4.49. The van der Waals surface area contributed by atoms with Gasteiger partial charge < -0.3 is 19.5 Å². The Hall–Kier alpha value is -3.05. The van der Waals surface area contributed by atoms with Gasteiger partial charge in [-0.15, -0.1) is 11.8 Å². The number of aryl methyl sites for hydroxylation is 1. The van der Waals surface area contributed by atoms with Crippen molar-refractivity contribution in [1.29, 1.82) is 0 Å². The van der Waals surface area contributed by atoms with Crippen molar-refractivity contribution in [2.75, 3.05) is 26.6 Å². The lowest BCUT2D eigenvalue weighted by Crippen LogP contribution is -2.13. The van der Waals surface area contributed by atoms with Gasteiger partial charge in [-0.05, 0) is 53.8 Å². The van der Waals surface area contributed by atoms with Gasteiger partial charge in [-0.1, -0.05) is 36.4 Å². The highest BCUT2D eigenvalue weighted by molar-refractivity contribution is 8.00. The molecule has 0 saturated carbocycles. The summed E-state index contributed by atoms with van der Waals surface area (Å²) in [5.74, 6) is 1.98. The number of ether oxygens (including phenoxy) is 3. The van der Waals surface area contributed by atoms with E-state index in [4.69, 9.17) is 14.2 Å². The van der Waals surface area contributed by atoms with E-state index in [1.54, 1.807) is 21.3 Å². The number of fused-ring (bicyclic) bond motifs is 3. The second kappa shape index (κ2) is 8.23. The number of hydrogen-bond donors (Lipinski definition) is 1. The number of rotatable bonds is 4. The minimum atomic E-state index is 0.133. The summed E-state index contributed by atoms with van der Waals surface area (Å²) >= 11 is 1.87. The fourth-order valence-corrected chi connectivity index (χ4v) is 5.79. The predicted molar refractivity (Wildman–Crippen MR) is 126 cm³/mol. The van der Waals surface area contributed by atoms with Gasteiger partial charge in [-0.25, -0.2) is 0 Å². The minimum Gasteiger partial charge on any atom is -0.493 e. The van der Waals surface area contributed by atoms with Crippen molar-refractivity contribution in [3.8, 4) is 17.2 Å². The van der Waals surface area contributed by atoms with Gasteiger partial charge in [0.2, 0.25) is 5.75 Å². The van der Waals surface area contributed by atoms with Crippen LogP contribution in [0.2, 0.25) is 0 Å². The van der Waals surface area contributed by atoms with E-state index < -0.39 is 0 Å².